The Labute approximate surface area is 154 Å². The van der Waals surface area contributed by atoms with Crippen LogP contribution in [0.25, 0.3) is 0 Å². The van der Waals surface area contributed by atoms with E-state index in [1.165, 1.54) is 29.5 Å². The highest BCUT2D eigenvalue weighted by atomic mass is 16.2. The minimum atomic E-state index is 0.0919. The molecule has 2 aliphatic heterocycles. The number of benzene rings is 1. The van der Waals surface area contributed by atoms with E-state index in [1.54, 1.807) is 0 Å². The van der Waals surface area contributed by atoms with Gasteiger partial charge in [-0.3, -0.25) is 4.79 Å². The molecular formula is C22H25N3O. The van der Waals surface area contributed by atoms with Crippen LogP contribution in [0.5, 0.6) is 0 Å². The van der Waals surface area contributed by atoms with Gasteiger partial charge in [0.1, 0.15) is 11.5 Å². The smallest absolute Gasteiger partial charge is 0.272 e. The van der Waals surface area contributed by atoms with Crippen LogP contribution in [-0.4, -0.2) is 42.5 Å². The Bertz CT molecular complexity index is 867. The molecule has 0 bridgehead atoms. The molecule has 134 valence electrons. The van der Waals surface area contributed by atoms with Crippen molar-refractivity contribution in [2.24, 2.45) is 0 Å². The molecule has 1 spiro atoms. The van der Waals surface area contributed by atoms with Crippen molar-refractivity contribution in [2.75, 3.05) is 31.6 Å². The number of rotatable bonds is 1. The molecule has 0 atom stereocenters. The molecular weight excluding hydrogens is 322 g/mol. The number of carbonyl (C=O) groups excluding carboxylic acids is 1. The molecule has 2 aromatic rings. The topological polar surface area (TPSA) is 36.4 Å². The first-order valence-corrected chi connectivity index (χ1v) is 9.75. The van der Waals surface area contributed by atoms with Gasteiger partial charge in [-0.2, -0.15) is 0 Å². The van der Waals surface area contributed by atoms with Crippen LogP contribution in [0, 0.1) is 0 Å². The zero-order valence-corrected chi connectivity index (χ0v) is 15.4. The van der Waals surface area contributed by atoms with Crippen molar-refractivity contribution >= 4 is 11.7 Å². The summed E-state index contributed by atoms with van der Waals surface area (Å²) in [5.74, 6) is 1.07. The molecule has 26 heavy (non-hydrogen) atoms. The number of hydrogen-bond donors (Lipinski definition) is 0. The lowest BCUT2D eigenvalue weighted by Gasteiger charge is -2.40. The number of aryl methyl sites for hydroxylation is 1. The quantitative estimate of drug-likeness (QED) is 0.795. The van der Waals surface area contributed by atoms with Crippen LogP contribution in [0.3, 0.4) is 0 Å². The zero-order chi connectivity index (χ0) is 17.7. The van der Waals surface area contributed by atoms with E-state index in [0.717, 1.165) is 44.7 Å². The summed E-state index contributed by atoms with van der Waals surface area (Å²) < 4.78 is 0. The van der Waals surface area contributed by atoms with Gasteiger partial charge in [0, 0.05) is 26.7 Å². The van der Waals surface area contributed by atoms with Crippen molar-refractivity contribution in [3.63, 3.8) is 0 Å². The van der Waals surface area contributed by atoms with Crippen molar-refractivity contribution in [1.82, 2.24) is 9.88 Å². The van der Waals surface area contributed by atoms with Crippen molar-refractivity contribution in [2.45, 2.75) is 37.5 Å². The highest BCUT2D eigenvalue weighted by Gasteiger charge is 2.41. The van der Waals surface area contributed by atoms with E-state index in [1.807, 2.05) is 11.0 Å². The minimum Gasteiger partial charge on any atom is -0.359 e. The standard InChI is InChI=1S/C22H25N3O/c1-24-13-9-17-6-7-19(23-20(17)24)21(26)25-14-11-22(12-15-25)10-8-16-4-2-3-5-18(16)22/h2-7H,8-15H2,1H3. The number of nitrogens with zero attached hydrogens (tertiary/aromatic N) is 3. The molecule has 3 heterocycles. The second-order valence-corrected chi connectivity index (χ2v) is 8.08. The Morgan fingerprint density at radius 3 is 2.62 bits per heavy atom. The Balaban J connectivity index is 1.33. The second kappa shape index (κ2) is 5.83. The predicted octanol–water partition coefficient (Wildman–Crippen LogP) is 3.19. The molecule has 0 radical (unpaired) electrons. The molecule has 1 fully saturated rings. The lowest BCUT2D eigenvalue weighted by atomic mass is 9.74. The summed E-state index contributed by atoms with van der Waals surface area (Å²) in [4.78, 5) is 21.8. The molecule has 0 N–H and O–H groups in total. The van der Waals surface area contributed by atoms with Crippen LogP contribution in [0.15, 0.2) is 36.4 Å². The maximum atomic E-state index is 13.0. The highest BCUT2D eigenvalue weighted by Crippen LogP contribution is 2.46. The highest BCUT2D eigenvalue weighted by molar-refractivity contribution is 5.93. The van der Waals surface area contributed by atoms with Gasteiger partial charge >= 0.3 is 0 Å². The molecule has 0 saturated carbocycles. The van der Waals surface area contributed by atoms with Crippen LogP contribution in [0.4, 0.5) is 5.82 Å². The molecule has 1 aliphatic carbocycles. The monoisotopic (exact) mass is 347 g/mol. The van der Waals surface area contributed by atoms with Gasteiger partial charge in [0.25, 0.3) is 5.91 Å². The van der Waals surface area contributed by atoms with E-state index in [4.69, 9.17) is 0 Å². The van der Waals surface area contributed by atoms with Crippen molar-refractivity contribution < 1.29 is 4.79 Å². The van der Waals surface area contributed by atoms with Crippen LogP contribution in [0.2, 0.25) is 0 Å². The fourth-order valence-electron chi connectivity index (χ4n) is 5.10. The normalized spacial score (nSPS) is 20.3. The first-order chi connectivity index (χ1) is 12.7. The van der Waals surface area contributed by atoms with Gasteiger partial charge < -0.3 is 9.80 Å². The molecule has 0 unspecified atom stereocenters. The van der Waals surface area contributed by atoms with E-state index in [0.29, 0.717) is 11.1 Å². The third-order valence-electron chi connectivity index (χ3n) is 6.72. The van der Waals surface area contributed by atoms with E-state index in [2.05, 4.69) is 47.3 Å². The summed E-state index contributed by atoms with van der Waals surface area (Å²) in [6.07, 6.45) is 5.58. The molecule has 4 nitrogen and oxygen atoms in total. The number of hydrogen-bond acceptors (Lipinski definition) is 3. The van der Waals surface area contributed by atoms with Gasteiger partial charge in [-0.1, -0.05) is 30.3 Å². The van der Waals surface area contributed by atoms with Gasteiger partial charge in [-0.25, -0.2) is 4.98 Å². The largest absolute Gasteiger partial charge is 0.359 e. The lowest BCUT2D eigenvalue weighted by molar-refractivity contribution is 0.0660. The third kappa shape index (κ3) is 2.35. The van der Waals surface area contributed by atoms with Crippen LogP contribution in [-0.2, 0) is 18.3 Å². The fourth-order valence-corrected chi connectivity index (χ4v) is 5.10. The molecule has 1 aromatic heterocycles. The van der Waals surface area contributed by atoms with Gasteiger partial charge in [0.05, 0.1) is 0 Å². The number of likely N-dealkylation sites (tertiary alicyclic amines) is 1. The SMILES string of the molecule is CN1CCc2ccc(C(=O)N3CCC4(CCc5ccccc54)CC3)nc21. The third-order valence-corrected chi connectivity index (χ3v) is 6.72. The van der Waals surface area contributed by atoms with Crippen LogP contribution >= 0.6 is 0 Å². The summed E-state index contributed by atoms with van der Waals surface area (Å²) in [5.41, 5.74) is 5.18. The van der Waals surface area contributed by atoms with Crippen molar-refractivity contribution in [1.29, 1.82) is 0 Å². The molecule has 1 aromatic carbocycles. The van der Waals surface area contributed by atoms with Crippen molar-refractivity contribution in [3.05, 3.63) is 58.8 Å². The molecule has 5 rings (SSSR count). The molecule has 3 aliphatic rings. The minimum absolute atomic E-state index is 0.0919. The van der Waals surface area contributed by atoms with Crippen LogP contribution in [0.1, 0.15) is 46.4 Å². The first-order valence-electron chi connectivity index (χ1n) is 9.75. The van der Waals surface area contributed by atoms with E-state index in [-0.39, 0.29) is 5.91 Å². The predicted molar refractivity (Wildman–Crippen MR) is 103 cm³/mol. The molecule has 1 amide bonds. The summed E-state index contributed by atoms with van der Waals surface area (Å²) in [6, 6.07) is 12.9. The number of amides is 1. The number of likely N-dealkylation sites (N-methyl/N-ethyl adjacent to an activating group) is 1. The summed E-state index contributed by atoms with van der Waals surface area (Å²) in [6.45, 7) is 2.66. The summed E-state index contributed by atoms with van der Waals surface area (Å²) in [7, 11) is 2.05. The van der Waals surface area contributed by atoms with E-state index < -0.39 is 0 Å². The number of carbonyl (C=O) groups is 1. The van der Waals surface area contributed by atoms with E-state index in [9.17, 15) is 4.79 Å². The van der Waals surface area contributed by atoms with Gasteiger partial charge in [-0.15, -0.1) is 0 Å². The van der Waals surface area contributed by atoms with Gasteiger partial charge in [-0.05, 0) is 60.3 Å². The van der Waals surface area contributed by atoms with Gasteiger partial charge in [0.15, 0.2) is 0 Å². The second-order valence-electron chi connectivity index (χ2n) is 8.08. The van der Waals surface area contributed by atoms with Crippen LogP contribution < -0.4 is 4.90 Å². The Morgan fingerprint density at radius 2 is 1.77 bits per heavy atom. The average Bonchev–Trinajstić information content (AvgIpc) is 3.23. The summed E-state index contributed by atoms with van der Waals surface area (Å²) >= 11 is 0. The average molecular weight is 347 g/mol. The number of anilines is 1. The lowest BCUT2D eigenvalue weighted by Crippen LogP contribution is -2.44. The number of fused-ring (bicyclic) bond motifs is 3. The Hall–Kier alpha value is -2.36. The number of aromatic nitrogens is 1. The summed E-state index contributed by atoms with van der Waals surface area (Å²) in [5, 5.41) is 0. The number of pyridine rings is 1. The fraction of sp³-hybridized carbons (Fsp3) is 0.455. The first kappa shape index (κ1) is 15.9. The maximum Gasteiger partial charge on any atom is 0.272 e. The maximum absolute atomic E-state index is 13.0. The van der Waals surface area contributed by atoms with E-state index >= 15 is 0 Å². The van der Waals surface area contributed by atoms with Crippen molar-refractivity contribution in [3.8, 4) is 0 Å². The van der Waals surface area contributed by atoms with Gasteiger partial charge in [0.2, 0.25) is 0 Å². The zero-order valence-electron chi connectivity index (χ0n) is 15.4. The Kier molecular flexibility index (Phi) is 3.56. The molecule has 1 saturated heterocycles. The number of piperidine rings is 1. The molecule has 4 heteroatoms. The Morgan fingerprint density at radius 1 is 0.962 bits per heavy atom.